The summed E-state index contributed by atoms with van der Waals surface area (Å²) in [6.07, 6.45) is 4.27. The molecule has 0 fully saturated rings. The topological polar surface area (TPSA) is 38.3 Å². The third kappa shape index (κ3) is 4.82. The normalized spacial score (nSPS) is 17.8. The molecule has 118 valence electrons. The maximum Gasteiger partial charge on any atom is 0.252 e. The van der Waals surface area contributed by atoms with Crippen molar-refractivity contribution in [2.45, 2.75) is 46.5 Å². The molecule has 1 aromatic rings. The molecule has 0 spiro atoms. The zero-order valence-corrected chi connectivity index (χ0v) is 14.2. The summed E-state index contributed by atoms with van der Waals surface area (Å²) in [7, 11) is 0. The summed E-state index contributed by atoms with van der Waals surface area (Å²) in [6, 6.07) is 0. The number of thiophene rings is 1. The maximum absolute atomic E-state index is 12.3. The minimum atomic E-state index is 0.0888. The second-order valence-electron chi connectivity index (χ2n) is 6.48. The van der Waals surface area contributed by atoms with Crippen molar-refractivity contribution in [1.82, 2.24) is 5.32 Å². The lowest BCUT2D eigenvalue weighted by atomic mass is 9.88. The third-order valence-electron chi connectivity index (χ3n) is 3.85. The standard InChI is InChI=1S/C17H27NO2S/c1-12(2)10-20-8-4-7-18-17(19)15-11-21-16-9-13(3)5-6-14(15)16/h11-13H,4-10H2,1-3H3,(H,18,19). The van der Waals surface area contributed by atoms with E-state index in [0.29, 0.717) is 12.5 Å². The zero-order valence-electron chi connectivity index (χ0n) is 13.4. The largest absolute Gasteiger partial charge is 0.381 e. The van der Waals surface area contributed by atoms with Crippen molar-refractivity contribution in [2.75, 3.05) is 19.8 Å². The lowest BCUT2D eigenvalue weighted by Gasteiger charge is -2.18. The Morgan fingerprint density at radius 1 is 1.52 bits per heavy atom. The summed E-state index contributed by atoms with van der Waals surface area (Å²) in [5, 5.41) is 5.06. The van der Waals surface area contributed by atoms with E-state index < -0.39 is 0 Å². The van der Waals surface area contributed by atoms with Gasteiger partial charge in [0, 0.05) is 30.0 Å². The predicted octanol–water partition coefficient (Wildman–Crippen LogP) is 3.67. The van der Waals surface area contributed by atoms with Crippen LogP contribution >= 0.6 is 11.3 Å². The van der Waals surface area contributed by atoms with Crippen LogP contribution in [0.25, 0.3) is 0 Å². The number of ether oxygens (including phenoxy) is 1. The molecule has 1 N–H and O–H groups in total. The van der Waals surface area contributed by atoms with E-state index in [0.717, 1.165) is 44.0 Å². The van der Waals surface area contributed by atoms with E-state index in [1.807, 2.05) is 5.38 Å². The number of hydrogen-bond acceptors (Lipinski definition) is 3. The van der Waals surface area contributed by atoms with Crippen LogP contribution in [0.4, 0.5) is 0 Å². The average molecular weight is 309 g/mol. The van der Waals surface area contributed by atoms with Crippen molar-refractivity contribution in [1.29, 1.82) is 0 Å². The van der Waals surface area contributed by atoms with Gasteiger partial charge >= 0.3 is 0 Å². The van der Waals surface area contributed by atoms with Gasteiger partial charge in [0.05, 0.1) is 5.56 Å². The molecule has 21 heavy (non-hydrogen) atoms. The second kappa shape index (κ2) is 7.95. The fourth-order valence-corrected chi connectivity index (χ4v) is 3.90. The van der Waals surface area contributed by atoms with Crippen LogP contribution < -0.4 is 5.32 Å². The van der Waals surface area contributed by atoms with Crippen molar-refractivity contribution >= 4 is 17.2 Å². The molecular weight excluding hydrogens is 282 g/mol. The van der Waals surface area contributed by atoms with Gasteiger partial charge in [0.2, 0.25) is 0 Å². The molecule has 0 aromatic carbocycles. The number of carbonyl (C=O) groups excluding carboxylic acids is 1. The molecule has 1 heterocycles. The number of fused-ring (bicyclic) bond motifs is 1. The van der Waals surface area contributed by atoms with Gasteiger partial charge in [-0.3, -0.25) is 4.79 Å². The van der Waals surface area contributed by atoms with Crippen molar-refractivity contribution in [3.05, 3.63) is 21.4 Å². The van der Waals surface area contributed by atoms with E-state index in [4.69, 9.17) is 4.74 Å². The average Bonchev–Trinajstić information content (AvgIpc) is 2.85. The minimum absolute atomic E-state index is 0.0888. The summed E-state index contributed by atoms with van der Waals surface area (Å²) in [4.78, 5) is 13.7. The molecule has 2 rings (SSSR count). The Kier molecular flexibility index (Phi) is 6.24. The molecule has 0 saturated heterocycles. The molecule has 0 radical (unpaired) electrons. The number of rotatable bonds is 7. The van der Waals surface area contributed by atoms with Crippen molar-refractivity contribution in [3.63, 3.8) is 0 Å². The Morgan fingerprint density at radius 2 is 2.33 bits per heavy atom. The van der Waals surface area contributed by atoms with Crippen molar-refractivity contribution < 1.29 is 9.53 Å². The van der Waals surface area contributed by atoms with Crippen LogP contribution in [0.2, 0.25) is 0 Å². The van der Waals surface area contributed by atoms with E-state index in [1.165, 1.54) is 16.9 Å². The highest BCUT2D eigenvalue weighted by Gasteiger charge is 2.22. The molecule has 0 aliphatic heterocycles. The Morgan fingerprint density at radius 3 is 3.10 bits per heavy atom. The molecular formula is C17H27NO2S. The molecule has 1 aliphatic carbocycles. The minimum Gasteiger partial charge on any atom is -0.381 e. The Bertz CT molecular complexity index is 467. The fourth-order valence-electron chi connectivity index (χ4n) is 2.66. The second-order valence-corrected chi connectivity index (χ2v) is 7.44. The molecule has 1 unspecified atom stereocenters. The monoisotopic (exact) mass is 309 g/mol. The highest BCUT2D eigenvalue weighted by Crippen LogP contribution is 2.32. The smallest absolute Gasteiger partial charge is 0.252 e. The van der Waals surface area contributed by atoms with Gasteiger partial charge in [0.25, 0.3) is 5.91 Å². The van der Waals surface area contributed by atoms with Gasteiger partial charge < -0.3 is 10.1 Å². The maximum atomic E-state index is 12.3. The Labute approximate surface area is 132 Å². The lowest BCUT2D eigenvalue weighted by molar-refractivity contribution is 0.0924. The van der Waals surface area contributed by atoms with Crippen molar-refractivity contribution in [2.24, 2.45) is 11.8 Å². The molecule has 1 amide bonds. The van der Waals surface area contributed by atoms with E-state index >= 15 is 0 Å². The van der Waals surface area contributed by atoms with Crippen LogP contribution in [-0.4, -0.2) is 25.7 Å². The van der Waals surface area contributed by atoms with Gasteiger partial charge in [-0.1, -0.05) is 20.8 Å². The van der Waals surface area contributed by atoms with Crippen LogP contribution in [0.1, 0.15) is 54.4 Å². The first-order valence-corrected chi connectivity index (χ1v) is 8.91. The third-order valence-corrected chi connectivity index (χ3v) is 4.90. The van der Waals surface area contributed by atoms with Crippen LogP contribution in [0.5, 0.6) is 0 Å². The van der Waals surface area contributed by atoms with Crippen molar-refractivity contribution in [3.8, 4) is 0 Å². The van der Waals surface area contributed by atoms with E-state index in [1.54, 1.807) is 11.3 Å². The van der Waals surface area contributed by atoms with Gasteiger partial charge in [0.1, 0.15) is 0 Å². The molecule has 1 atom stereocenters. The molecule has 3 nitrogen and oxygen atoms in total. The van der Waals surface area contributed by atoms with Crippen LogP contribution in [-0.2, 0) is 17.6 Å². The quantitative estimate of drug-likeness (QED) is 0.781. The van der Waals surface area contributed by atoms with E-state index in [-0.39, 0.29) is 5.91 Å². The van der Waals surface area contributed by atoms with Gasteiger partial charge in [-0.05, 0) is 43.1 Å². The highest BCUT2D eigenvalue weighted by atomic mass is 32.1. The van der Waals surface area contributed by atoms with Crippen LogP contribution in [0.3, 0.4) is 0 Å². The van der Waals surface area contributed by atoms with Gasteiger partial charge in [-0.25, -0.2) is 0 Å². The van der Waals surface area contributed by atoms with E-state index in [2.05, 4.69) is 26.1 Å². The fraction of sp³-hybridized carbons (Fsp3) is 0.706. The number of nitrogens with one attached hydrogen (secondary N) is 1. The summed E-state index contributed by atoms with van der Waals surface area (Å²) < 4.78 is 5.52. The number of hydrogen-bond donors (Lipinski definition) is 1. The van der Waals surface area contributed by atoms with Gasteiger partial charge in [-0.2, -0.15) is 0 Å². The Hall–Kier alpha value is -0.870. The summed E-state index contributed by atoms with van der Waals surface area (Å²) in [5.41, 5.74) is 2.21. The molecule has 1 aliphatic rings. The highest BCUT2D eigenvalue weighted by molar-refractivity contribution is 7.10. The van der Waals surface area contributed by atoms with Gasteiger partial charge in [0.15, 0.2) is 0 Å². The molecule has 1 aromatic heterocycles. The van der Waals surface area contributed by atoms with E-state index in [9.17, 15) is 4.79 Å². The molecule has 0 bridgehead atoms. The van der Waals surface area contributed by atoms with Crippen LogP contribution in [0, 0.1) is 11.8 Å². The SMILES string of the molecule is CC(C)COCCCNC(=O)c1csc2c1CCC(C)C2. The summed E-state index contributed by atoms with van der Waals surface area (Å²) in [6.45, 7) is 8.78. The first-order valence-electron chi connectivity index (χ1n) is 8.03. The molecule has 4 heteroatoms. The summed E-state index contributed by atoms with van der Waals surface area (Å²) >= 11 is 1.75. The first-order chi connectivity index (χ1) is 10.1. The lowest BCUT2D eigenvalue weighted by Crippen LogP contribution is -2.26. The zero-order chi connectivity index (χ0) is 15.2. The predicted molar refractivity (Wildman–Crippen MR) is 88.1 cm³/mol. The van der Waals surface area contributed by atoms with Crippen LogP contribution in [0.15, 0.2) is 5.38 Å². The first kappa shape index (κ1) is 16.5. The summed E-state index contributed by atoms with van der Waals surface area (Å²) in [5.74, 6) is 1.41. The molecule has 0 saturated carbocycles. The number of amides is 1. The Balaban J connectivity index is 1.74. The number of carbonyl (C=O) groups is 1. The van der Waals surface area contributed by atoms with Gasteiger partial charge in [-0.15, -0.1) is 11.3 Å².